The minimum absolute atomic E-state index is 0.110. The maximum atomic E-state index is 12.5. The van der Waals surface area contributed by atoms with Crippen LogP contribution in [0.15, 0.2) is 24.4 Å². The highest BCUT2D eigenvalue weighted by molar-refractivity contribution is 6.08. The average Bonchev–Trinajstić information content (AvgIpc) is 2.92. The van der Waals surface area contributed by atoms with E-state index in [1.165, 1.54) is 4.90 Å². The molecule has 0 atom stereocenters. The molecule has 0 unspecified atom stereocenters. The number of benzene rings is 1. The zero-order valence-corrected chi connectivity index (χ0v) is 12.1. The molecule has 3 rings (SSSR count). The smallest absolute Gasteiger partial charge is 0.219 e. The Morgan fingerprint density at radius 1 is 1.33 bits per heavy atom. The third-order valence-corrected chi connectivity index (χ3v) is 4.11. The van der Waals surface area contributed by atoms with Crippen molar-refractivity contribution >= 4 is 22.5 Å². The number of Topliss-reactive ketones (excluding diaryl/α,β-unsaturated/α-hetero) is 2. The molecule has 1 fully saturated rings. The van der Waals surface area contributed by atoms with Gasteiger partial charge in [0.05, 0.1) is 33.0 Å². The summed E-state index contributed by atoms with van der Waals surface area (Å²) in [6.45, 7) is 1.96. The van der Waals surface area contributed by atoms with Crippen molar-refractivity contribution in [3.8, 4) is 5.75 Å². The van der Waals surface area contributed by atoms with E-state index in [1.54, 1.807) is 13.3 Å². The highest BCUT2D eigenvalue weighted by atomic mass is 16.5. The summed E-state index contributed by atoms with van der Waals surface area (Å²) in [6, 6.07) is 5.67. The average molecular weight is 287 g/mol. The Morgan fingerprint density at radius 2 is 2.10 bits per heavy atom. The molecular formula is C16H19N2O3+. The van der Waals surface area contributed by atoms with Gasteiger partial charge in [-0.05, 0) is 18.2 Å². The number of rotatable bonds is 4. The first-order valence-electron chi connectivity index (χ1n) is 7.21. The second-order valence-electron chi connectivity index (χ2n) is 5.50. The van der Waals surface area contributed by atoms with Gasteiger partial charge < -0.3 is 14.6 Å². The van der Waals surface area contributed by atoms with Crippen LogP contribution in [0.4, 0.5) is 0 Å². The number of hydrogen-bond acceptors (Lipinski definition) is 3. The Morgan fingerprint density at radius 3 is 2.81 bits per heavy atom. The van der Waals surface area contributed by atoms with E-state index in [2.05, 4.69) is 4.98 Å². The number of methoxy groups -OCH3 is 1. The number of aromatic amines is 1. The third-order valence-electron chi connectivity index (χ3n) is 4.11. The standard InChI is InChI=1S/C16H18N2O3/c1-21-12-2-3-15-13(8-12)14(9-17-15)16(20)10-18-6-4-11(19)5-7-18/h2-3,8-9,17H,4-7,10H2,1H3/p+1. The monoisotopic (exact) mass is 287 g/mol. The summed E-state index contributed by atoms with van der Waals surface area (Å²) < 4.78 is 5.22. The van der Waals surface area contributed by atoms with Crippen LogP contribution in [-0.2, 0) is 4.79 Å². The second kappa shape index (κ2) is 5.69. The topological polar surface area (TPSA) is 63.6 Å². The Hall–Kier alpha value is -2.14. The minimum atomic E-state index is 0.110. The lowest BCUT2D eigenvalue weighted by molar-refractivity contribution is -0.892. The summed E-state index contributed by atoms with van der Waals surface area (Å²) in [6.07, 6.45) is 2.94. The number of ketones is 2. The van der Waals surface area contributed by atoms with Crippen molar-refractivity contribution in [3.05, 3.63) is 30.0 Å². The number of fused-ring (bicyclic) bond motifs is 1. The number of carbonyl (C=O) groups excluding carboxylic acids is 2. The van der Waals surface area contributed by atoms with Gasteiger partial charge in [-0.15, -0.1) is 0 Å². The van der Waals surface area contributed by atoms with Gasteiger partial charge in [-0.1, -0.05) is 0 Å². The van der Waals surface area contributed by atoms with Crippen LogP contribution in [0.1, 0.15) is 23.2 Å². The van der Waals surface area contributed by atoms with Crippen LogP contribution >= 0.6 is 0 Å². The van der Waals surface area contributed by atoms with Crippen molar-refractivity contribution in [3.63, 3.8) is 0 Å². The second-order valence-corrected chi connectivity index (χ2v) is 5.50. The summed E-state index contributed by atoms with van der Waals surface area (Å²) in [5.74, 6) is 1.16. The van der Waals surface area contributed by atoms with Crippen molar-refractivity contribution < 1.29 is 19.2 Å². The number of piperidine rings is 1. The van der Waals surface area contributed by atoms with Gasteiger partial charge >= 0.3 is 0 Å². The molecule has 1 saturated heterocycles. The fourth-order valence-electron chi connectivity index (χ4n) is 2.84. The lowest BCUT2D eigenvalue weighted by Crippen LogP contribution is -3.14. The number of aromatic nitrogens is 1. The first kappa shape index (κ1) is 13.8. The van der Waals surface area contributed by atoms with Crippen LogP contribution in [0.25, 0.3) is 10.9 Å². The zero-order valence-electron chi connectivity index (χ0n) is 12.1. The molecular weight excluding hydrogens is 268 g/mol. The predicted octanol–water partition coefficient (Wildman–Crippen LogP) is 0.607. The summed E-state index contributed by atoms with van der Waals surface area (Å²) in [5.41, 5.74) is 1.64. The van der Waals surface area contributed by atoms with E-state index in [9.17, 15) is 9.59 Å². The molecule has 110 valence electrons. The van der Waals surface area contributed by atoms with E-state index >= 15 is 0 Å². The molecule has 1 aromatic carbocycles. The van der Waals surface area contributed by atoms with Crippen LogP contribution in [0, 0.1) is 0 Å². The van der Waals surface area contributed by atoms with Crippen molar-refractivity contribution in [2.45, 2.75) is 12.8 Å². The normalized spacial score (nSPS) is 16.3. The first-order chi connectivity index (χ1) is 10.2. The molecule has 1 aromatic heterocycles. The van der Waals surface area contributed by atoms with Crippen molar-refractivity contribution in [1.82, 2.24) is 4.98 Å². The van der Waals surface area contributed by atoms with Crippen LogP contribution in [0.2, 0.25) is 0 Å². The third kappa shape index (κ3) is 2.83. The molecule has 5 nitrogen and oxygen atoms in total. The molecule has 0 amide bonds. The van der Waals surface area contributed by atoms with Gasteiger partial charge in [0.15, 0.2) is 0 Å². The molecule has 21 heavy (non-hydrogen) atoms. The number of quaternary nitrogens is 1. The van der Waals surface area contributed by atoms with E-state index in [0.717, 1.165) is 29.7 Å². The summed E-state index contributed by atoms with van der Waals surface area (Å²) in [4.78, 5) is 28.1. The van der Waals surface area contributed by atoms with E-state index in [4.69, 9.17) is 4.74 Å². The van der Waals surface area contributed by atoms with Crippen LogP contribution in [-0.4, -0.2) is 43.3 Å². The largest absolute Gasteiger partial charge is 0.497 e. The van der Waals surface area contributed by atoms with Gasteiger partial charge in [0.1, 0.15) is 18.1 Å². The highest BCUT2D eigenvalue weighted by Crippen LogP contribution is 2.23. The van der Waals surface area contributed by atoms with Crippen LogP contribution in [0.3, 0.4) is 0 Å². The molecule has 1 aliphatic rings. The van der Waals surface area contributed by atoms with E-state index in [0.29, 0.717) is 30.7 Å². The lowest BCUT2D eigenvalue weighted by Gasteiger charge is -2.21. The maximum Gasteiger partial charge on any atom is 0.219 e. The quantitative estimate of drug-likeness (QED) is 0.810. The van der Waals surface area contributed by atoms with E-state index in [-0.39, 0.29) is 5.78 Å². The Kier molecular flexibility index (Phi) is 3.75. The summed E-state index contributed by atoms with van der Waals surface area (Å²) >= 11 is 0. The summed E-state index contributed by atoms with van der Waals surface area (Å²) in [5, 5.41) is 0.895. The Bertz CT molecular complexity index is 680. The SMILES string of the molecule is COc1ccc2[nH]cc(C(=O)C[NH+]3CCC(=O)CC3)c2c1. The molecule has 0 spiro atoms. The molecule has 2 N–H and O–H groups in total. The molecule has 1 aliphatic heterocycles. The van der Waals surface area contributed by atoms with Gasteiger partial charge in [-0.25, -0.2) is 0 Å². The summed E-state index contributed by atoms with van der Waals surface area (Å²) in [7, 11) is 1.62. The molecule has 0 aliphatic carbocycles. The highest BCUT2D eigenvalue weighted by Gasteiger charge is 2.23. The van der Waals surface area contributed by atoms with Gasteiger partial charge in [-0.2, -0.15) is 0 Å². The van der Waals surface area contributed by atoms with Gasteiger partial charge in [0, 0.05) is 22.7 Å². The molecule has 0 radical (unpaired) electrons. The van der Waals surface area contributed by atoms with Gasteiger partial charge in [0.2, 0.25) is 5.78 Å². The fraction of sp³-hybridized carbons (Fsp3) is 0.375. The van der Waals surface area contributed by atoms with Crippen LogP contribution in [0.5, 0.6) is 5.75 Å². The van der Waals surface area contributed by atoms with E-state index < -0.39 is 0 Å². The number of H-pyrrole nitrogens is 1. The number of nitrogens with one attached hydrogen (secondary N) is 2. The fourth-order valence-corrected chi connectivity index (χ4v) is 2.84. The number of ether oxygens (including phenoxy) is 1. The van der Waals surface area contributed by atoms with Crippen molar-refractivity contribution in [2.24, 2.45) is 0 Å². The van der Waals surface area contributed by atoms with Crippen LogP contribution < -0.4 is 9.64 Å². The minimum Gasteiger partial charge on any atom is -0.497 e. The first-order valence-corrected chi connectivity index (χ1v) is 7.21. The molecule has 0 saturated carbocycles. The zero-order chi connectivity index (χ0) is 14.8. The molecule has 0 bridgehead atoms. The van der Waals surface area contributed by atoms with Crippen molar-refractivity contribution in [1.29, 1.82) is 0 Å². The predicted molar refractivity (Wildman–Crippen MR) is 79.0 cm³/mol. The van der Waals surface area contributed by atoms with Gasteiger partial charge in [-0.3, -0.25) is 9.59 Å². The molecule has 2 heterocycles. The lowest BCUT2D eigenvalue weighted by atomic mass is 10.1. The Balaban J connectivity index is 1.79. The maximum absolute atomic E-state index is 12.5. The number of carbonyl (C=O) groups is 2. The van der Waals surface area contributed by atoms with Gasteiger partial charge in [0.25, 0.3) is 0 Å². The Labute approximate surface area is 122 Å². The number of hydrogen-bond donors (Lipinski definition) is 2. The number of likely N-dealkylation sites (tertiary alicyclic amines) is 1. The molecule has 2 aromatic rings. The van der Waals surface area contributed by atoms with Crippen molar-refractivity contribution in [2.75, 3.05) is 26.7 Å². The molecule has 5 heteroatoms. The van der Waals surface area contributed by atoms with E-state index in [1.807, 2.05) is 18.2 Å².